The van der Waals surface area contributed by atoms with Crippen LogP contribution in [0.15, 0.2) is 6.07 Å². The van der Waals surface area contributed by atoms with E-state index in [0.29, 0.717) is 12.1 Å². The summed E-state index contributed by atoms with van der Waals surface area (Å²) in [6, 6.07) is 2.91. The van der Waals surface area contributed by atoms with Crippen molar-refractivity contribution in [3.05, 3.63) is 11.8 Å². The molecule has 1 fully saturated rings. The van der Waals surface area contributed by atoms with E-state index in [1.165, 1.54) is 0 Å². The highest BCUT2D eigenvalue weighted by Crippen LogP contribution is 2.21. The first-order valence-electron chi connectivity index (χ1n) is 5.61. The number of rotatable bonds is 1. The fourth-order valence-electron chi connectivity index (χ4n) is 2.34. The number of hydrogen-bond donors (Lipinski definition) is 2. The molecule has 1 saturated heterocycles. The van der Waals surface area contributed by atoms with E-state index in [1.54, 1.807) is 0 Å². The Balaban J connectivity index is 2.05. The highest BCUT2D eigenvalue weighted by Gasteiger charge is 2.29. The van der Waals surface area contributed by atoms with Crippen LogP contribution in [0.4, 0.5) is 5.95 Å². The van der Waals surface area contributed by atoms with Gasteiger partial charge in [0.2, 0.25) is 0 Å². The molecule has 2 unspecified atom stereocenters. The van der Waals surface area contributed by atoms with Gasteiger partial charge in [-0.3, -0.25) is 10.1 Å². The Morgan fingerprint density at radius 2 is 2.19 bits per heavy atom. The molecule has 0 amide bonds. The van der Waals surface area contributed by atoms with Gasteiger partial charge in [-0.2, -0.15) is 0 Å². The van der Waals surface area contributed by atoms with Gasteiger partial charge in [0.15, 0.2) is 5.65 Å². The lowest BCUT2D eigenvalue weighted by atomic mass is 10.2. The van der Waals surface area contributed by atoms with Crippen molar-refractivity contribution in [2.75, 3.05) is 5.01 Å². The van der Waals surface area contributed by atoms with Crippen LogP contribution in [0, 0.1) is 6.92 Å². The first kappa shape index (κ1) is 9.65. The van der Waals surface area contributed by atoms with Crippen LogP contribution in [0.3, 0.4) is 0 Å². The number of fused-ring (bicyclic) bond motifs is 1. The largest absolute Gasteiger partial charge is 0.294 e. The van der Waals surface area contributed by atoms with Crippen molar-refractivity contribution in [1.29, 1.82) is 0 Å². The number of nitrogens with zero attached hydrogens (tertiary/aromatic N) is 4. The summed E-state index contributed by atoms with van der Waals surface area (Å²) in [5.41, 5.74) is 5.35. The number of aromatic nitrogens is 4. The number of anilines is 1. The molecule has 0 aromatic carbocycles. The molecular formula is C10H16N6. The molecule has 2 aromatic rings. The molecule has 0 bridgehead atoms. The van der Waals surface area contributed by atoms with Gasteiger partial charge >= 0.3 is 0 Å². The van der Waals surface area contributed by atoms with E-state index in [9.17, 15) is 0 Å². The Morgan fingerprint density at radius 3 is 2.88 bits per heavy atom. The molecule has 16 heavy (non-hydrogen) atoms. The molecule has 2 atom stereocenters. The Kier molecular flexibility index (Phi) is 1.94. The van der Waals surface area contributed by atoms with Gasteiger partial charge in [0.25, 0.3) is 5.95 Å². The molecule has 3 heterocycles. The fourth-order valence-corrected chi connectivity index (χ4v) is 2.34. The normalized spacial score (nSPS) is 25.8. The predicted molar refractivity (Wildman–Crippen MR) is 61.2 cm³/mol. The van der Waals surface area contributed by atoms with Crippen LogP contribution >= 0.6 is 0 Å². The van der Waals surface area contributed by atoms with Crippen LogP contribution in [0.25, 0.3) is 5.65 Å². The molecular weight excluding hydrogens is 204 g/mol. The summed E-state index contributed by atoms with van der Waals surface area (Å²) in [5, 5.41) is 13.7. The summed E-state index contributed by atoms with van der Waals surface area (Å²) in [6.07, 6.45) is 1.12. The number of aryl methyl sites for hydroxylation is 1. The molecule has 3 rings (SSSR count). The van der Waals surface area contributed by atoms with Gasteiger partial charge in [0.1, 0.15) is 0 Å². The average Bonchev–Trinajstić information content (AvgIpc) is 2.80. The van der Waals surface area contributed by atoms with Crippen LogP contribution < -0.4 is 10.4 Å². The monoisotopic (exact) mass is 220 g/mol. The summed E-state index contributed by atoms with van der Waals surface area (Å²) >= 11 is 0. The second-order valence-electron chi connectivity index (χ2n) is 4.62. The second-order valence-corrected chi connectivity index (χ2v) is 4.62. The van der Waals surface area contributed by atoms with Crippen LogP contribution in [-0.2, 0) is 0 Å². The molecule has 1 aliphatic rings. The molecule has 0 saturated carbocycles. The van der Waals surface area contributed by atoms with Crippen molar-refractivity contribution >= 4 is 11.6 Å². The van der Waals surface area contributed by atoms with Crippen LogP contribution in [-0.4, -0.2) is 31.9 Å². The van der Waals surface area contributed by atoms with E-state index in [0.717, 1.165) is 23.7 Å². The quantitative estimate of drug-likeness (QED) is 0.748. The SMILES string of the molecule is Cc1cc2nnc(N3NC(C)CC3C)n2[nH]1. The summed E-state index contributed by atoms with van der Waals surface area (Å²) < 4.78 is 1.91. The summed E-state index contributed by atoms with van der Waals surface area (Å²) in [7, 11) is 0. The van der Waals surface area contributed by atoms with Gasteiger partial charge in [0, 0.05) is 23.8 Å². The molecule has 1 aliphatic heterocycles. The first-order chi connectivity index (χ1) is 7.65. The fraction of sp³-hybridized carbons (Fsp3) is 0.600. The molecule has 0 spiro atoms. The highest BCUT2D eigenvalue weighted by atomic mass is 15.6. The Morgan fingerprint density at radius 1 is 1.38 bits per heavy atom. The maximum Gasteiger partial charge on any atom is 0.261 e. The smallest absolute Gasteiger partial charge is 0.261 e. The van der Waals surface area contributed by atoms with E-state index >= 15 is 0 Å². The van der Waals surface area contributed by atoms with E-state index in [-0.39, 0.29) is 0 Å². The van der Waals surface area contributed by atoms with Crippen molar-refractivity contribution in [3.8, 4) is 0 Å². The van der Waals surface area contributed by atoms with Crippen molar-refractivity contribution in [1.82, 2.24) is 25.2 Å². The zero-order valence-electron chi connectivity index (χ0n) is 9.73. The minimum Gasteiger partial charge on any atom is -0.294 e. The summed E-state index contributed by atoms with van der Waals surface area (Å²) in [4.78, 5) is 0. The number of hydrazine groups is 1. The molecule has 6 heteroatoms. The topological polar surface area (TPSA) is 61.3 Å². The number of aromatic amines is 1. The standard InChI is InChI=1S/C10H16N6/c1-6-4-8(3)15(13-6)10-12-11-9-5-7(2)14-16(9)10/h5-6,8,13-14H,4H2,1-3H3. The van der Waals surface area contributed by atoms with Gasteiger partial charge in [-0.15, -0.1) is 10.2 Å². The minimum atomic E-state index is 0.436. The second kappa shape index (κ2) is 3.21. The van der Waals surface area contributed by atoms with E-state index in [2.05, 4.69) is 39.6 Å². The highest BCUT2D eigenvalue weighted by molar-refractivity contribution is 5.47. The molecule has 0 aliphatic carbocycles. The van der Waals surface area contributed by atoms with Crippen LogP contribution in [0.5, 0.6) is 0 Å². The van der Waals surface area contributed by atoms with E-state index in [1.807, 2.05) is 17.5 Å². The zero-order valence-corrected chi connectivity index (χ0v) is 9.73. The van der Waals surface area contributed by atoms with Crippen molar-refractivity contribution < 1.29 is 0 Å². The number of H-pyrrole nitrogens is 1. The van der Waals surface area contributed by atoms with Crippen LogP contribution in [0.2, 0.25) is 0 Å². The van der Waals surface area contributed by atoms with Gasteiger partial charge < -0.3 is 0 Å². The van der Waals surface area contributed by atoms with Gasteiger partial charge in [0.05, 0.1) is 0 Å². The maximum atomic E-state index is 4.21. The lowest BCUT2D eigenvalue weighted by Crippen LogP contribution is -2.39. The Hall–Kier alpha value is -1.56. The van der Waals surface area contributed by atoms with Crippen LogP contribution in [0.1, 0.15) is 26.0 Å². The third-order valence-corrected chi connectivity index (χ3v) is 3.02. The van der Waals surface area contributed by atoms with E-state index < -0.39 is 0 Å². The Labute approximate surface area is 93.6 Å². The predicted octanol–water partition coefficient (Wildman–Crippen LogP) is 0.858. The van der Waals surface area contributed by atoms with Crippen molar-refractivity contribution in [2.24, 2.45) is 0 Å². The lowest BCUT2D eigenvalue weighted by Gasteiger charge is -2.20. The molecule has 2 N–H and O–H groups in total. The number of nitrogens with one attached hydrogen (secondary N) is 2. The maximum absolute atomic E-state index is 4.21. The zero-order chi connectivity index (χ0) is 11.3. The van der Waals surface area contributed by atoms with Gasteiger partial charge in [-0.1, -0.05) is 0 Å². The average molecular weight is 220 g/mol. The van der Waals surface area contributed by atoms with Gasteiger partial charge in [-0.05, 0) is 27.2 Å². The molecule has 2 aromatic heterocycles. The van der Waals surface area contributed by atoms with Crippen molar-refractivity contribution in [2.45, 2.75) is 39.3 Å². The molecule has 6 nitrogen and oxygen atoms in total. The Bertz CT molecular complexity index is 512. The third-order valence-electron chi connectivity index (χ3n) is 3.02. The molecule has 86 valence electrons. The minimum absolute atomic E-state index is 0.436. The lowest BCUT2D eigenvalue weighted by molar-refractivity contribution is 0.623. The summed E-state index contributed by atoms with van der Waals surface area (Å²) in [5.74, 6) is 0.833. The molecule has 0 radical (unpaired) electrons. The van der Waals surface area contributed by atoms with Gasteiger partial charge in [-0.25, -0.2) is 9.94 Å². The first-order valence-corrected chi connectivity index (χ1v) is 5.61. The third kappa shape index (κ3) is 1.30. The van der Waals surface area contributed by atoms with E-state index in [4.69, 9.17) is 0 Å². The van der Waals surface area contributed by atoms with Crippen molar-refractivity contribution in [3.63, 3.8) is 0 Å². The number of hydrogen-bond acceptors (Lipinski definition) is 4. The summed E-state index contributed by atoms with van der Waals surface area (Å²) in [6.45, 7) is 6.38.